The molecule has 1 unspecified atom stereocenters. The van der Waals surface area contributed by atoms with Crippen molar-refractivity contribution in [2.45, 2.75) is 37.1 Å². The first-order chi connectivity index (χ1) is 15.8. The van der Waals surface area contributed by atoms with Crippen LogP contribution in [0.2, 0.25) is 5.02 Å². The van der Waals surface area contributed by atoms with Crippen LogP contribution >= 0.6 is 11.6 Å². The average Bonchev–Trinajstić information content (AvgIpc) is 2.83. The molecular weight excluding hydrogens is 468 g/mol. The van der Waals surface area contributed by atoms with Crippen molar-refractivity contribution < 1.29 is 27.4 Å². The molecule has 1 aliphatic heterocycles. The minimum absolute atomic E-state index is 0.119. The fourth-order valence-corrected chi connectivity index (χ4v) is 5.49. The molecule has 2 aromatic carbocycles. The van der Waals surface area contributed by atoms with E-state index in [4.69, 9.17) is 25.8 Å². The van der Waals surface area contributed by atoms with Gasteiger partial charge in [-0.05, 0) is 55.7 Å². The van der Waals surface area contributed by atoms with Gasteiger partial charge in [-0.1, -0.05) is 24.1 Å². The first kappa shape index (κ1) is 25.1. The summed E-state index contributed by atoms with van der Waals surface area (Å²) < 4.78 is 43.1. The highest BCUT2D eigenvalue weighted by Gasteiger charge is 2.26. The maximum Gasteiger partial charge on any atom is 0.258 e. The van der Waals surface area contributed by atoms with Crippen LogP contribution in [0.5, 0.6) is 17.2 Å². The number of sulfonamides is 1. The van der Waals surface area contributed by atoms with Crippen molar-refractivity contribution in [3.05, 3.63) is 47.0 Å². The molecule has 1 amide bonds. The van der Waals surface area contributed by atoms with Gasteiger partial charge < -0.3 is 19.5 Å². The zero-order valence-electron chi connectivity index (χ0n) is 19.0. The monoisotopic (exact) mass is 496 g/mol. The Hall–Kier alpha value is -2.49. The average molecular weight is 497 g/mol. The Labute approximate surface area is 199 Å². The van der Waals surface area contributed by atoms with E-state index in [2.05, 4.69) is 5.32 Å². The Balaban J connectivity index is 1.60. The van der Waals surface area contributed by atoms with Crippen LogP contribution in [0.3, 0.4) is 0 Å². The fraction of sp³-hybridized carbons (Fsp3) is 0.435. The molecule has 0 aliphatic carbocycles. The molecule has 8 nitrogen and oxygen atoms in total. The van der Waals surface area contributed by atoms with Gasteiger partial charge in [-0.3, -0.25) is 4.79 Å². The smallest absolute Gasteiger partial charge is 0.258 e. The van der Waals surface area contributed by atoms with Crippen molar-refractivity contribution in [3.8, 4) is 17.2 Å². The van der Waals surface area contributed by atoms with Crippen molar-refractivity contribution in [1.29, 1.82) is 0 Å². The van der Waals surface area contributed by atoms with Gasteiger partial charge in [0, 0.05) is 13.1 Å². The van der Waals surface area contributed by atoms with Gasteiger partial charge in [0.15, 0.2) is 18.1 Å². The minimum atomic E-state index is -3.60. The lowest BCUT2D eigenvalue weighted by atomic mass is 10.1. The third kappa shape index (κ3) is 6.10. The highest BCUT2D eigenvalue weighted by Crippen LogP contribution is 2.31. The second kappa shape index (κ2) is 11.1. The van der Waals surface area contributed by atoms with E-state index < -0.39 is 10.0 Å². The lowest BCUT2D eigenvalue weighted by Gasteiger charge is -2.26. The lowest BCUT2D eigenvalue weighted by molar-refractivity contribution is -0.123. The fourth-order valence-electron chi connectivity index (χ4n) is 3.65. The normalized spacial score (nSPS) is 15.5. The van der Waals surface area contributed by atoms with Crippen molar-refractivity contribution in [3.63, 3.8) is 0 Å². The van der Waals surface area contributed by atoms with Crippen LogP contribution in [0.15, 0.2) is 41.3 Å². The molecule has 1 saturated heterocycles. The SMILES string of the molecule is COc1ccc(C(C)NC(=O)COc2ccc(S(=O)(=O)N3CCCCC3)cc2Cl)cc1OC. The van der Waals surface area contributed by atoms with Crippen molar-refractivity contribution in [2.24, 2.45) is 0 Å². The third-order valence-corrected chi connectivity index (χ3v) is 7.69. The minimum Gasteiger partial charge on any atom is -0.493 e. The van der Waals surface area contributed by atoms with Crippen LogP contribution in [0.1, 0.15) is 37.8 Å². The van der Waals surface area contributed by atoms with Crippen LogP contribution in [-0.2, 0) is 14.8 Å². The Morgan fingerprint density at radius 3 is 2.33 bits per heavy atom. The van der Waals surface area contributed by atoms with Crippen LogP contribution < -0.4 is 19.5 Å². The van der Waals surface area contributed by atoms with Crippen LogP contribution in [0.25, 0.3) is 0 Å². The molecule has 0 radical (unpaired) electrons. The Morgan fingerprint density at radius 2 is 1.70 bits per heavy atom. The second-order valence-electron chi connectivity index (χ2n) is 7.75. The first-order valence-corrected chi connectivity index (χ1v) is 12.5. The number of nitrogens with zero attached hydrogens (tertiary/aromatic N) is 1. The summed E-state index contributed by atoms with van der Waals surface area (Å²) in [5.41, 5.74) is 0.839. The van der Waals surface area contributed by atoms with Gasteiger partial charge in [0.25, 0.3) is 5.91 Å². The number of rotatable bonds is 9. The van der Waals surface area contributed by atoms with E-state index >= 15 is 0 Å². The Kier molecular flexibility index (Phi) is 8.45. The highest BCUT2D eigenvalue weighted by atomic mass is 35.5. The molecule has 3 rings (SSSR count). The number of methoxy groups -OCH3 is 2. The van der Waals surface area contributed by atoms with Gasteiger partial charge in [0.05, 0.1) is 30.2 Å². The quantitative estimate of drug-likeness (QED) is 0.567. The molecule has 1 aliphatic rings. The zero-order chi connectivity index (χ0) is 24.0. The largest absolute Gasteiger partial charge is 0.493 e. The maximum atomic E-state index is 12.8. The van der Waals surface area contributed by atoms with Gasteiger partial charge in [-0.25, -0.2) is 8.42 Å². The lowest BCUT2D eigenvalue weighted by Crippen LogP contribution is -2.35. The number of hydrogen-bond acceptors (Lipinski definition) is 6. The molecule has 1 N–H and O–H groups in total. The van der Waals surface area contributed by atoms with Gasteiger partial charge in [-0.2, -0.15) is 4.31 Å². The van der Waals surface area contributed by atoms with Crippen molar-refractivity contribution in [1.82, 2.24) is 9.62 Å². The van der Waals surface area contributed by atoms with Crippen LogP contribution in [-0.4, -0.2) is 52.5 Å². The molecule has 10 heteroatoms. The molecule has 0 bridgehead atoms. The number of carbonyl (C=O) groups is 1. The van der Waals surface area contributed by atoms with Crippen molar-refractivity contribution >= 4 is 27.5 Å². The highest BCUT2D eigenvalue weighted by molar-refractivity contribution is 7.89. The molecule has 0 spiro atoms. The molecule has 1 fully saturated rings. The summed E-state index contributed by atoms with van der Waals surface area (Å²) >= 11 is 6.26. The van der Waals surface area contributed by atoms with Crippen LogP contribution in [0, 0.1) is 0 Å². The van der Waals surface area contributed by atoms with Gasteiger partial charge in [0.2, 0.25) is 10.0 Å². The third-order valence-electron chi connectivity index (χ3n) is 5.50. The molecule has 2 aromatic rings. The van der Waals surface area contributed by atoms with Gasteiger partial charge >= 0.3 is 0 Å². The topological polar surface area (TPSA) is 94.2 Å². The number of piperidine rings is 1. The second-order valence-corrected chi connectivity index (χ2v) is 10.1. The first-order valence-electron chi connectivity index (χ1n) is 10.7. The van der Waals surface area contributed by atoms with E-state index in [9.17, 15) is 13.2 Å². The van der Waals surface area contributed by atoms with E-state index in [1.54, 1.807) is 26.4 Å². The van der Waals surface area contributed by atoms with Gasteiger partial charge in [-0.15, -0.1) is 0 Å². The number of halogens is 1. The standard InChI is InChI=1S/C23H29ClN2O6S/c1-16(17-7-9-21(30-2)22(13-17)31-3)25-23(27)15-32-20-10-8-18(14-19(20)24)33(28,29)26-11-5-4-6-12-26/h7-10,13-14,16H,4-6,11-12,15H2,1-3H3,(H,25,27). The predicted octanol–water partition coefficient (Wildman–Crippen LogP) is 3.79. The Bertz CT molecular complexity index is 1090. The summed E-state index contributed by atoms with van der Waals surface area (Å²) in [6.07, 6.45) is 2.74. The summed E-state index contributed by atoms with van der Waals surface area (Å²) in [7, 11) is -0.492. The molecular formula is C23H29ClN2O6S. The molecule has 0 aromatic heterocycles. The number of amides is 1. The van der Waals surface area contributed by atoms with E-state index in [-0.39, 0.29) is 34.2 Å². The summed E-state index contributed by atoms with van der Waals surface area (Å²) in [5, 5.41) is 2.98. The molecule has 1 atom stereocenters. The number of ether oxygens (including phenoxy) is 3. The van der Waals surface area contributed by atoms with E-state index in [0.29, 0.717) is 24.6 Å². The maximum absolute atomic E-state index is 12.8. The van der Waals surface area contributed by atoms with Crippen molar-refractivity contribution in [2.75, 3.05) is 33.9 Å². The molecule has 33 heavy (non-hydrogen) atoms. The summed E-state index contributed by atoms with van der Waals surface area (Å²) in [5.74, 6) is 1.06. The molecule has 1 heterocycles. The zero-order valence-corrected chi connectivity index (χ0v) is 20.5. The summed E-state index contributed by atoms with van der Waals surface area (Å²) in [4.78, 5) is 12.5. The van der Waals surface area contributed by atoms with Gasteiger partial charge in [0.1, 0.15) is 5.75 Å². The van der Waals surface area contributed by atoms with E-state index in [0.717, 1.165) is 24.8 Å². The summed E-state index contributed by atoms with van der Waals surface area (Å²) in [6, 6.07) is 9.40. The predicted molar refractivity (Wildman–Crippen MR) is 126 cm³/mol. The molecule has 180 valence electrons. The number of hydrogen-bond donors (Lipinski definition) is 1. The van der Waals surface area contributed by atoms with E-state index in [1.165, 1.54) is 22.5 Å². The number of carbonyl (C=O) groups excluding carboxylic acids is 1. The number of benzene rings is 2. The van der Waals surface area contributed by atoms with E-state index in [1.807, 2.05) is 13.0 Å². The molecule has 0 saturated carbocycles. The summed E-state index contributed by atoms with van der Waals surface area (Å²) in [6.45, 7) is 2.59. The Morgan fingerprint density at radius 1 is 1.03 bits per heavy atom. The number of nitrogens with one attached hydrogen (secondary N) is 1. The van der Waals surface area contributed by atoms with Crippen LogP contribution in [0.4, 0.5) is 0 Å².